The minimum absolute atomic E-state index is 0.296. The molecule has 0 spiro atoms. The van der Waals surface area contributed by atoms with Crippen molar-refractivity contribution in [3.63, 3.8) is 0 Å². The molecular formula is C22H20F3N5. The standard InChI is InChI=1S/C22H20F3N5/c23-22(24,25)20-6-5-18-19(28-20)7-8-27-21(18)30-10-2-9-29(11-12-30)15-17-4-1-3-16(13-17)14-26/h1,3-8,13H,2,9-12,15H2. The molecule has 154 valence electrons. The number of pyridine rings is 2. The third kappa shape index (κ3) is 4.36. The summed E-state index contributed by atoms with van der Waals surface area (Å²) in [5.41, 5.74) is 1.14. The van der Waals surface area contributed by atoms with Gasteiger partial charge in [-0.2, -0.15) is 18.4 Å². The lowest BCUT2D eigenvalue weighted by Gasteiger charge is -2.24. The molecule has 4 rings (SSSR count). The van der Waals surface area contributed by atoms with Crippen LogP contribution in [0.2, 0.25) is 0 Å². The average Bonchev–Trinajstić information content (AvgIpc) is 2.98. The number of hydrogen-bond donors (Lipinski definition) is 0. The van der Waals surface area contributed by atoms with Gasteiger partial charge in [-0.05, 0) is 42.3 Å². The van der Waals surface area contributed by atoms with Crippen LogP contribution in [0.4, 0.5) is 19.0 Å². The maximum Gasteiger partial charge on any atom is 0.433 e. The number of hydrogen-bond acceptors (Lipinski definition) is 5. The topological polar surface area (TPSA) is 56.1 Å². The molecule has 0 saturated carbocycles. The summed E-state index contributed by atoms with van der Waals surface area (Å²) >= 11 is 0. The average molecular weight is 411 g/mol. The minimum atomic E-state index is -4.47. The van der Waals surface area contributed by atoms with Crippen LogP contribution in [0.5, 0.6) is 0 Å². The van der Waals surface area contributed by atoms with Gasteiger partial charge in [0.25, 0.3) is 0 Å². The van der Waals surface area contributed by atoms with E-state index in [-0.39, 0.29) is 0 Å². The van der Waals surface area contributed by atoms with Crippen molar-refractivity contribution in [2.24, 2.45) is 0 Å². The van der Waals surface area contributed by atoms with E-state index in [1.807, 2.05) is 18.2 Å². The van der Waals surface area contributed by atoms with E-state index in [4.69, 9.17) is 5.26 Å². The van der Waals surface area contributed by atoms with Crippen molar-refractivity contribution >= 4 is 16.7 Å². The molecule has 1 aromatic carbocycles. The Labute approximate surface area is 172 Å². The van der Waals surface area contributed by atoms with Crippen molar-refractivity contribution in [2.75, 3.05) is 31.1 Å². The Kier molecular flexibility index (Phi) is 5.55. The highest BCUT2D eigenvalue weighted by Crippen LogP contribution is 2.31. The van der Waals surface area contributed by atoms with Gasteiger partial charge in [0.2, 0.25) is 0 Å². The summed E-state index contributed by atoms with van der Waals surface area (Å²) in [5.74, 6) is 0.669. The summed E-state index contributed by atoms with van der Waals surface area (Å²) < 4.78 is 38.9. The molecule has 3 aromatic rings. The van der Waals surface area contributed by atoms with Gasteiger partial charge in [-0.25, -0.2) is 9.97 Å². The molecule has 0 bridgehead atoms. The van der Waals surface area contributed by atoms with Crippen molar-refractivity contribution in [1.29, 1.82) is 5.26 Å². The van der Waals surface area contributed by atoms with Gasteiger partial charge in [0.1, 0.15) is 11.5 Å². The molecule has 1 saturated heterocycles. The summed E-state index contributed by atoms with van der Waals surface area (Å²) in [6.45, 7) is 3.92. The van der Waals surface area contributed by atoms with E-state index in [0.717, 1.165) is 44.2 Å². The van der Waals surface area contributed by atoms with Gasteiger partial charge in [0.05, 0.1) is 17.1 Å². The molecule has 8 heteroatoms. The lowest BCUT2D eigenvalue weighted by molar-refractivity contribution is -0.140. The molecule has 0 atom stereocenters. The first-order valence-corrected chi connectivity index (χ1v) is 9.73. The normalized spacial score (nSPS) is 15.7. The largest absolute Gasteiger partial charge is 0.433 e. The molecule has 2 aromatic heterocycles. The molecule has 1 aliphatic rings. The zero-order valence-electron chi connectivity index (χ0n) is 16.2. The Morgan fingerprint density at radius 1 is 1.03 bits per heavy atom. The molecule has 0 unspecified atom stereocenters. The van der Waals surface area contributed by atoms with E-state index in [1.165, 1.54) is 18.3 Å². The van der Waals surface area contributed by atoms with E-state index in [2.05, 4.69) is 25.8 Å². The molecule has 0 aliphatic carbocycles. The van der Waals surface area contributed by atoms with Gasteiger partial charge in [0.15, 0.2) is 0 Å². The van der Waals surface area contributed by atoms with Crippen molar-refractivity contribution in [1.82, 2.24) is 14.9 Å². The Bertz CT molecular complexity index is 1090. The molecule has 30 heavy (non-hydrogen) atoms. The van der Waals surface area contributed by atoms with Gasteiger partial charge >= 0.3 is 6.18 Å². The highest BCUT2D eigenvalue weighted by atomic mass is 19.4. The van der Waals surface area contributed by atoms with Crippen LogP contribution in [0.1, 0.15) is 23.2 Å². The number of rotatable bonds is 3. The second-order valence-corrected chi connectivity index (χ2v) is 7.32. The van der Waals surface area contributed by atoms with E-state index < -0.39 is 11.9 Å². The Morgan fingerprint density at radius 2 is 1.90 bits per heavy atom. The van der Waals surface area contributed by atoms with Gasteiger partial charge in [-0.1, -0.05) is 12.1 Å². The highest BCUT2D eigenvalue weighted by Gasteiger charge is 2.32. The second-order valence-electron chi connectivity index (χ2n) is 7.32. The van der Waals surface area contributed by atoms with Gasteiger partial charge in [-0.3, -0.25) is 4.90 Å². The number of nitrogens with zero attached hydrogens (tertiary/aromatic N) is 5. The lowest BCUT2D eigenvalue weighted by Crippen LogP contribution is -2.31. The van der Waals surface area contributed by atoms with Crippen LogP contribution in [0.15, 0.2) is 48.7 Å². The van der Waals surface area contributed by atoms with Crippen LogP contribution >= 0.6 is 0 Å². The van der Waals surface area contributed by atoms with Crippen LogP contribution in [0.25, 0.3) is 10.9 Å². The number of nitriles is 1. The van der Waals surface area contributed by atoms with Gasteiger partial charge in [-0.15, -0.1) is 0 Å². The number of halogens is 3. The molecule has 1 fully saturated rings. The zero-order chi connectivity index (χ0) is 21.1. The van der Waals surface area contributed by atoms with Crippen LogP contribution in [-0.4, -0.2) is 41.0 Å². The molecule has 3 heterocycles. The monoisotopic (exact) mass is 411 g/mol. The smallest absolute Gasteiger partial charge is 0.355 e. The second kappa shape index (κ2) is 8.28. The zero-order valence-corrected chi connectivity index (χ0v) is 16.2. The number of fused-ring (bicyclic) bond motifs is 1. The van der Waals surface area contributed by atoms with E-state index in [1.54, 1.807) is 6.07 Å². The molecular weight excluding hydrogens is 391 g/mol. The summed E-state index contributed by atoms with van der Waals surface area (Å²) in [6, 6.07) is 13.7. The number of aromatic nitrogens is 2. The van der Waals surface area contributed by atoms with Crippen LogP contribution < -0.4 is 4.90 Å². The van der Waals surface area contributed by atoms with Gasteiger partial charge in [0, 0.05) is 44.3 Å². The summed E-state index contributed by atoms with van der Waals surface area (Å²) in [4.78, 5) is 12.7. The summed E-state index contributed by atoms with van der Waals surface area (Å²) in [5, 5.41) is 9.70. The van der Waals surface area contributed by atoms with Crippen molar-refractivity contribution in [2.45, 2.75) is 19.1 Å². The fraction of sp³-hybridized carbons (Fsp3) is 0.318. The number of benzene rings is 1. The Morgan fingerprint density at radius 3 is 2.70 bits per heavy atom. The Balaban J connectivity index is 1.51. The maximum absolute atomic E-state index is 13.0. The number of alkyl halides is 3. The molecule has 1 aliphatic heterocycles. The first kappa shape index (κ1) is 20.1. The molecule has 0 radical (unpaired) electrons. The fourth-order valence-electron chi connectivity index (χ4n) is 3.79. The van der Waals surface area contributed by atoms with Crippen LogP contribution in [0, 0.1) is 11.3 Å². The third-order valence-electron chi connectivity index (χ3n) is 5.24. The predicted molar refractivity (Wildman–Crippen MR) is 108 cm³/mol. The SMILES string of the molecule is N#Cc1cccc(CN2CCCN(c3nccc4nc(C(F)(F)F)ccc34)CC2)c1. The number of anilines is 1. The first-order chi connectivity index (χ1) is 14.4. The van der Waals surface area contributed by atoms with E-state index in [0.29, 0.717) is 28.8 Å². The molecule has 0 amide bonds. The van der Waals surface area contributed by atoms with Crippen molar-refractivity contribution < 1.29 is 13.2 Å². The van der Waals surface area contributed by atoms with Crippen molar-refractivity contribution in [3.8, 4) is 6.07 Å². The highest BCUT2D eigenvalue weighted by molar-refractivity contribution is 5.89. The lowest BCUT2D eigenvalue weighted by atomic mass is 10.1. The summed E-state index contributed by atoms with van der Waals surface area (Å²) in [6.07, 6.45) is -2.05. The first-order valence-electron chi connectivity index (χ1n) is 9.73. The molecule has 0 N–H and O–H groups in total. The van der Waals surface area contributed by atoms with Crippen LogP contribution in [0.3, 0.4) is 0 Å². The quantitative estimate of drug-likeness (QED) is 0.646. The molecule has 5 nitrogen and oxygen atoms in total. The van der Waals surface area contributed by atoms with Crippen LogP contribution in [-0.2, 0) is 12.7 Å². The Hall–Kier alpha value is -3.18. The predicted octanol–water partition coefficient (Wildman–Crippen LogP) is 4.23. The van der Waals surface area contributed by atoms with Crippen molar-refractivity contribution in [3.05, 3.63) is 65.5 Å². The minimum Gasteiger partial charge on any atom is -0.355 e. The van der Waals surface area contributed by atoms with E-state index in [9.17, 15) is 13.2 Å². The summed E-state index contributed by atoms with van der Waals surface area (Å²) in [7, 11) is 0. The third-order valence-corrected chi connectivity index (χ3v) is 5.24. The maximum atomic E-state index is 13.0. The fourth-order valence-corrected chi connectivity index (χ4v) is 3.79. The van der Waals surface area contributed by atoms with E-state index >= 15 is 0 Å². The van der Waals surface area contributed by atoms with Gasteiger partial charge < -0.3 is 4.90 Å².